The molecule has 0 aliphatic heterocycles. The van der Waals surface area contributed by atoms with E-state index in [1.807, 2.05) is 0 Å². The van der Waals surface area contributed by atoms with Crippen LogP contribution in [0.25, 0.3) is 0 Å². The highest BCUT2D eigenvalue weighted by molar-refractivity contribution is 9.11. The summed E-state index contributed by atoms with van der Waals surface area (Å²) in [6, 6.07) is 2.51. The van der Waals surface area contributed by atoms with Crippen molar-refractivity contribution in [1.29, 1.82) is 0 Å². The molecule has 1 aromatic carbocycles. The molecule has 0 saturated heterocycles. The van der Waals surface area contributed by atoms with Crippen molar-refractivity contribution in [1.82, 2.24) is 0 Å². The topological polar surface area (TPSA) is 69.7 Å². The summed E-state index contributed by atoms with van der Waals surface area (Å²) in [5.41, 5.74) is -5.16. The first-order valence-corrected chi connectivity index (χ1v) is 8.03. The van der Waals surface area contributed by atoms with Crippen molar-refractivity contribution in [3.8, 4) is 5.75 Å². The van der Waals surface area contributed by atoms with Gasteiger partial charge in [-0.1, -0.05) is 0 Å². The molecule has 0 bridgehead atoms. The molecule has 0 radical (unpaired) electrons. The molecule has 0 heterocycles. The fourth-order valence-corrected chi connectivity index (χ4v) is 3.34. The molecule has 0 aromatic heterocycles. The van der Waals surface area contributed by atoms with E-state index in [0.717, 1.165) is 0 Å². The summed E-state index contributed by atoms with van der Waals surface area (Å²) in [6.45, 7) is 0. The number of halogens is 5. The van der Waals surface area contributed by atoms with E-state index in [-0.39, 0.29) is 15.4 Å². The number of alkyl halides is 3. The third kappa shape index (κ3) is 4.58. The third-order valence-electron chi connectivity index (χ3n) is 2.11. The van der Waals surface area contributed by atoms with Gasteiger partial charge in [0, 0.05) is 0 Å². The first-order chi connectivity index (χ1) is 9.48. The molecule has 5 nitrogen and oxygen atoms in total. The van der Waals surface area contributed by atoms with E-state index in [0.29, 0.717) is 5.56 Å². The lowest BCUT2D eigenvalue weighted by molar-refractivity contribution is -0.139. The molecule has 0 spiro atoms. The molecule has 0 unspecified atom stereocenters. The summed E-state index contributed by atoms with van der Waals surface area (Å²) >= 11 is 5.78. The van der Waals surface area contributed by atoms with Gasteiger partial charge in [0.15, 0.2) is 5.75 Å². The Morgan fingerprint density at radius 3 is 2.10 bits per heavy atom. The van der Waals surface area contributed by atoms with Crippen LogP contribution in [0.4, 0.5) is 13.2 Å². The highest BCUT2D eigenvalue weighted by Gasteiger charge is 2.49. The van der Waals surface area contributed by atoms with Gasteiger partial charge in [0.05, 0.1) is 22.5 Å². The van der Waals surface area contributed by atoms with E-state index < -0.39 is 27.3 Å². The maximum Gasteiger partial charge on any atom is 0.534 e. The zero-order chi connectivity index (χ0) is 16.4. The largest absolute Gasteiger partial charge is 0.534 e. The van der Waals surface area contributed by atoms with Crippen LogP contribution in [0.1, 0.15) is 5.56 Å². The van der Waals surface area contributed by atoms with Gasteiger partial charge in [-0.2, -0.15) is 21.6 Å². The van der Waals surface area contributed by atoms with Crippen molar-refractivity contribution < 1.29 is 35.3 Å². The first kappa shape index (κ1) is 18.2. The minimum Gasteiger partial charge on any atom is -0.469 e. The van der Waals surface area contributed by atoms with E-state index in [1.165, 1.54) is 19.2 Å². The number of benzene rings is 1. The number of esters is 1. The summed E-state index contributed by atoms with van der Waals surface area (Å²) in [5, 5.41) is 0. The Hall–Kier alpha value is -0.810. The smallest absolute Gasteiger partial charge is 0.469 e. The Morgan fingerprint density at radius 2 is 1.71 bits per heavy atom. The van der Waals surface area contributed by atoms with Crippen molar-refractivity contribution in [2.24, 2.45) is 0 Å². The Balaban J connectivity index is 3.15. The van der Waals surface area contributed by atoms with Crippen LogP contribution >= 0.6 is 31.9 Å². The normalized spacial score (nSPS) is 12.1. The highest BCUT2D eigenvalue weighted by atomic mass is 79.9. The molecule has 0 N–H and O–H groups in total. The zero-order valence-electron chi connectivity index (χ0n) is 10.2. The van der Waals surface area contributed by atoms with Gasteiger partial charge >= 0.3 is 21.6 Å². The van der Waals surface area contributed by atoms with Crippen molar-refractivity contribution >= 4 is 47.9 Å². The Morgan fingerprint density at radius 1 is 1.24 bits per heavy atom. The van der Waals surface area contributed by atoms with Crippen LogP contribution in [0.3, 0.4) is 0 Å². The molecule has 1 aromatic rings. The maximum absolute atomic E-state index is 12.3. The van der Waals surface area contributed by atoms with Crippen molar-refractivity contribution in [2.45, 2.75) is 11.9 Å². The molecule has 0 atom stereocenters. The van der Waals surface area contributed by atoms with E-state index in [4.69, 9.17) is 0 Å². The minimum absolute atomic E-state index is 0.0661. The quantitative estimate of drug-likeness (QED) is 0.396. The molecule has 11 heteroatoms. The number of methoxy groups -OCH3 is 1. The zero-order valence-corrected chi connectivity index (χ0v) is 14.2. The Bertz CT molecular complexity index is 634. The summed E-state index contributed by atoms with van der Waals surface area (Å²) in [7, 11) is -4.61. The molecule has 0 saturated carbocycles. The third-order valence-corrected chi connectivity index (χ3v) is 4.24. The van der Waals surface area contributed by atoms with Crippen LogP contribution in [0.2, 0.25) is 0 Å². The van der Waals surface area contributed by atoms with Crippen LogP contribution in [0.15, 0.2) is 21.1 Å². The second-order valence-electron chi connectivity index (χ2n) is 3.62. The molecule has 1 rings (SSSR count). The summed E-state index contributed by atoms with van der Waals surface area (Å²) < 4.78 is 67.1. The predicted octanol–water partition coefficient (Wildman–Crippen LogP) is 3.16. The van der Waals surface area contributed by atoms with Crippen molar-refractivity contribution in [3.05, 3.63) is 26.6 Å². The SMILES string of the molecule is COC(=O)Cc1cc(Br)c(OS(=O)(=O)C(F)(F)F)c(Br)c1. The molecule has 118 valence electrons. The Labute approximate surface area is 134 Å². The van der Waals surface area contributed by atoms with Gasteiger partial charge in [-0.25, -0.2) is 0 Å². The Kier molecular flexibility index (Phi) is 5.67. The highest BCUT2D eigenvalue weighted by Crippen LogP contribution is 2.38. The van der Waals surface area contributed by atoms with Crippen LogP contribution < -0.4 is 4.18 Å². The summed E-state index contributed by atoms with van der Waals surface area (Å²) in [4.78, 5) is 11.1. The monoisotopic (exact) mass is 454 g/mol. The predicted molar refractivity (Wildman–Crippen MR) is 73.2 cm³/mol. The number of carbonyl (C=O) groups is 1. The lowest BCUT2D eigenvalue weighted by Gasteiger charge is -2.13. The van der Waals surface area contributed by atoms with Gasteiger partial charge < -0.3 is 8.92 Å². The van der Waals surface area contributed by atoms with Crippen LogP contribution in [0, 0.1) is 0 Å². The van der Waals surface area contributed by atoms with Crippen LogP contribution in [0.5, 0.6) is 5.75 Å². The standard InChI is InChI=1S/C10H7Br2F3O5S/c1-19-8(16)4-5-2-6(11)9(7(12)3-5)20-21(17,18)10(13,14)15/h2-3H,4H2,1H3. The fourth-order valence-electron chi connectivity index (χ4n) is 1.19. The molecule has 0 aliphatic rings. The van der Waals surface area contributed by atoms with E-state index in [1.54, 1.807) is 0 Å². The van der Waals surface area contributed by atoms with Gasteiger partial charge in [0.25, 0.3) is 0 Å². The maximum atomic E-state index is 12.3. The van der Waals surface area contributed by atoms with E-state index >= 15 is 0 Å². The number of hydrogen-bond acceptors (Lipinski definition) is 5. The van der Waals surface area contributed by atoms with Crippen molar-refractivity contribution in [3.63, 3.8) is 0 Å². The number of rotatable bonds is 4. The van der Waals surface area contributed by atoms with Gasteiger partial charge in [0.2, 0.25) is 0 Å². The minimum atomic E-state index is -5.79. The molecule has 0 amide bonds. The molecule has 21 heavy (non-hydrogen) atoms. The molecular formula is C10H7Br2F3O5S. The average Bonchev–Trinajstić information content (AvgIpc) is 2.32. The van der Waals surface area contributed by atoms with Crippen LogP contribution in [-0.4, -0.2) is 27.0 Å². The fraction of sp³-hybridized carbons (Fsp3) is 0.300. The molecule has 0 fully saturated rings. The van der Waals surface area contributed by atoms with E-state index in [2.05, 4.69) is 40.8 Å². The second-order valence-corrected chi connectivity index (χ2v) is 6.87. The van der Waals surface area contributed by atoms with E-state index in [9.17, 15) is 26.4 Å². The van der Waals surface area contributed by atoms with Gasteiger partial charge in [-0.3, -0.25) is 4.79 Å². The molecule has 0 aliphatic carbocycles. The van der Waals surface area contributed by atoms with Gasteiger partial charge in [-0.05, 0) is 49.6 Å². The van der Waals surface area contributed by atoms with Crippen molar-refractivity contribution in [2.75, 3.05) is 7.11 Å². The molecular weight excluding hydrogens is 449 g/mol. The number of ether oxygens (including phenoxy) is 1. The lowest BCUT2D eigenvalue weighted by atomic mass is 10.1. The van der Waals surface area contributed by atoms with Gasteiger partial charge in [0.1, 0.15) is 0 Å². The van der Waals surface area contributed by atoms with Gasteiger partial charge in [-0.15, -0.1) is 0 Å². The number of hydrogen-bond donors (Lipinski definition) is 0. The first-order valence-electron chi connectivity index (χ1n) is 5.03. The average molecular weight is 456 g/mol. The summed E-state index contributed by atoms with van der Waals surface area (Å²) in [5.74, 6) is -1.13. The second kappa shape index (κ2) is 6.53. The summed E-state index contributed by atoms with van der Waals surface area (Å²) in [6.07, 6.45) is -0.139. The number of carbonyl (C=O) groups excluding carboxylic acids is 1. The van der Waals surface area contributed by atoms with Crippen LogP contribution in [-0.2, 0) is 26.1 Å². The lowest BCUT2D eigenvalue weighted by Crippen LogP contribution is -2.28.